The van der Waals surface area contributed by atoms with Crippen LogP contribution in [0.25, 0.3) is 0 Å². The Bertz CT molecular complexity index is 793. The molecular formula is C17H23ClN6O2S. The van der Waals surface area contributed by atoms with Crippen LogP contribution in [0.5, 0.6) is 0 Å². The Morgan fingerprint density at radius 3 is 2.96 bits per heavy atom. The molecule has 1 amide bonds. The van der Waals surface area contributed by atoms with Gasteiger partial charge in [0, 0.05) is 32.1 Å². The Morgan fingerprint density at radius 2 is 2.33 bits per heavy atom. The first-order valence-corrected chi connectivity index (χ1v) is 9.76. The van der Waals surface area contributed by atoms with Crippen molar-refractivity contribution in [2.75, 3.05) is 19.7 Å². The summed E-state index contributed by atoms with van der Waals surface area (Å²) in [6.07, 6.45) is 6.41. The van der Waals surface area contributed by atoms with Crippen LogP contribution in [0.4, 0.5) is 0 Å². The Morgan fingerprint density at radius 1 is 1.52 bits per heavy atom. The number of amides is 1. The summed E-state index contributed by atoms with van der Waals surface area (Å²) in [5.41, 5.74) is 0.753. The largest absolute Gasteiger partial charge is 0.375 e. The van der Waals surface area contributed by atoms with Gasteiger partial charge in [-0.3, -0.25) is 9.36 Å². The SMILES string of the molecule is CCO[C@@H]1CN(C(=S)n2ccnc2)CC[C@@H]1NC(=O)c1nc(Cl)c(CC)[nH]1. The van der Waals surface area contributed by atoms with Crippen molar-refractivity contribution in [2.24, 2.45) is 0 Å². The molecule has 2 aromatic rings. The molecule has 1 aliphatic rings. The number of likely N-dealkylation sites (tertiary alicyclic amines) is 1. The van der Waals surface area contributed by atoms with Crippen molar-refractivity contribution in [3.05, 3.63) is 35.4 Å². The molecule has 2 aromatic heterocycles. The molecule has 0 aromatic carbocycles. The van der Waals surface area contributed by atoms with E-state index in [1.54, 1.807) is 17.1 Å². The molecule has 0 unspecified atom stereocenters. The molecule has 0 radical (unpaired) electrons. The summed E-state index contributed by atoms with van der Waals surface area (Å²) < 4.78 is 7.68. The number of nitrogens with one attached hydrogen (secondary N) is 2. The molecule has 0 saturated carbocycles. The van der Waals surface area contributed by atoms with Gasteiger partial charge in [0.1, 0.15) is 6.33 Å². The normalized spacial score (nSPS) is 19.9. The lowest BCUT2D eigenvalue weighted by molar-refractivity contribution is 0.000172. The number of imidazole rings is 2. The maximum absolute atomic E-state index is 12.6. The molecule has 27 heavy (non-hydrogen) atoms. The molecule has 2 atom stereocenters. The molecule has 0 aliphatic carbocycles. The van der Waals surface area contributed by atoms with E-state index < -0.39 is 0 Å². The number of thiocarbonyl (C=S) groups is 1. The first kappa shape index (κ1) is 19.8. The predicted molar refractivity (Wildman–Crippen MR) is 106 cm³/mol. The Balaban J connectivity index is 1.66. The van der Waals surface area contributed by atoms with Crippen molar-refractivity contribution in [2.45, 2.75) is 38.8 Å². The third kappa shape index (κ3) is 4.48. The number of halogens is 1. The molecule has 3 heterocycles. The van der Waals surface area contributed by atoms with Gasteiger partial charge in [-0.1, -0.05) is 18.5 Å². The molecule has 1 fully saturated rings. The number of carbonyl (C=O) groups excluding carboxylic acids is 1. The molecule has 1 aliphatic heterocycles. The standard InChI is InChI=1S/C17H23ClN6O2S/c1-3-11-14(18)22-15(20-11)16(25)21-12-5-7-23(9-13(12)26-4-2)17(27)24-8-6-19-10-24/h6,8,10,12-13H,3-5,7,9H2,1-2H3,(H,20,22)(H,21,25)/t12-,13+/m0/s1. The number of aryl methyl sites for hydroxylation is 1. The topological polar surface area (TPSA) is 88.1 Å². The first-order valence-electron chi connectivity index (χ1n) is 8.97. The molecule has 0 spiro atoms. The second kappa shape index (κ2) is 8.81. The summed E-state index contributed by atoms with van der Waals surface area (Å²) in [5, 5.41) is 4.03. The van der Waals surface area contributed by atoms with Gasteiger partial charge in [-0.25, -0.2) is 9.97 Å². The summed E-state index contributed by atoms with van der Waals surface area (Å²) in [6, 6.07) is -0.131. The van der Waals surface area contributed by atoms with Crippen molar-refractivity contribution in [1.29, 1.82) is 0 Å². The molecule has 146 valence electrons. The number of ether oxygens (including phenoxy) is 1. The first-order chi connectivity index (χ1) is 13.0. The highest BCUT2D eigenvalue weighted by Crippen LogP contribution is 2.18. The number of piperidine rings is 1. The maximum atomic E-state index is 12.6. The number of rotatable bonds is 5. The summed E-state index contributed by atoms with van der Waals surface area (Å²) >= 11 is 11.6. The summed E-state index contributed by atoms with van der Waals surface area (Å²) in [7, 11) is 0. The van der Waals surface area contributed by atoms with E-state index in [2.05, 4.69) is 25.2 Å². The predicted octanol–water partition coefficient (Wildman–Crippen LogP) is 1.86. The zero-order valence-electron chi connectivity index (χ0n) is 15.3. The lowest BCUT2D eigenvalue weighted by atomic mass is 10.0. The minimum Gasteiger partial charge on any atom is -0.375 e. The van der Waals surface area contributed by atoms with E-state index in [-0.39, 0.29) is 23.9 Å². The van der Waals surface area contributed by atoms with E-state index >= 15 is 0 Å². The van der Waals surface area contributed by atoms with Gasteiger partial charge in [-0.15, -0.1) is 0 Å². The fourth-order valence-corrected chi connectivity index (χ4v) is 3.68. The van der Waals surface area contributed by atoms with Gasteiger partial charge in [-0.2, -0.15) is 0 Å². The van der Waals surface area contributed by atoms with Crippen molar-refractivity contribution < 1.29 is 9.53 Å². The molecular weight excluding hydrogens is 388 g/mol. The Hall–Kier alpha value is -1.97. The van der Waals surface area contributed by atoms with Gasteiger partial charge >= 0.3 is 0 Å². The average Bonchev–Trinajstić information content (AvgIpc) is 3.32. The quantitative estimate of drug-likeness (QED) is 0.731. The van der Waals surface area contributed by atoms with Crippen LogP contribution in [0.15, 0.2) is 18.7 Å². The van der Waals surface area contributed by atoms with Crippen LogP contribution >= 0.6 is 23.8 Å². The van der Waals surface area contributed by atoms with E-state index in [0.29, 0.717) is 42.8 Å². The average molecular weight is 411 g/mol. The number of hydrogen-bond donors (Lipinski definition) is 2. The fraction of sp³-hybridized carbons (Fsp3) is 0.529. The number of H-pyrrole nitrogens is 1. The third-order valence-electron chi connectivity index (χ3n) is 4.55. The number of carbonyl (C=O) groups is 1. The van der Waals surface area contributed by atoms with Crippen LogP contribution < -0.4 is 5.32 Å². The highest BCUT2D eigenvalue weighted by Gasteiger charge is 2.33. The summed E-state index contributed by atoms with van der Waals surface area (Å²) in [6.45, 7) is 5.74. The third-order valence-corrected chi connectivity index (χ3v) is 5.33. The van der Waals surface area contributed by atoms with Gasteiger partial charge in [0.05, 0.1) is 17.8 Å². The second-order valence-corrected chi connectivity index (χ2v) is 6.99. The lowest BCUT2D eigenvalue weighted by Gasteiger charge is -2.39. The number of nitrogens with zero attached hydrogens (tertiary/aromatic N) is 4. The fourth-order valence-electron chi connectivity index (χ4n) is 3.14. The van der Waals surface area contributed by atoms with Crippen LogP contribution in [0, 0.1) is 0 Å². The Kier molecular flexibility index (Phi) is 6.46. The number of hydrogen-bond acceptors (Lipinski definition) is 5. The Labute approximate surface area is 168 Å². The maximum Gasteiger partial charge on any atom is 0.287 e. The van der Waals surface area contributed by atoms with Crippen molar-refractivity contribution >= 4 is 34.8 Å². The van der Waals surface area contributed by atoms with Crippen LogP contribution in [-0.4, -0.2) is 67.3 Å². The van der Waals surface area contributed by atoms with Crippen LogP contribution in [-0.2, 0) is 11.2 Å². The van der Waals surface area contributed by atoms with E-state index in [9.17, 15) is 4.79 Å². The zero-order valence-corrected chi connectivity index (χ0v) is 16.9. The van der Waals surface area contributed by atoms with Crippen molar-refractivity contribution in [1.82, 2.24) is 29.7 Å². The summed E-state index contributed by atoms with van der Waals surface area (Å²) in [4.78, 5) is 25.8. The van der Waals surface area contributed by atoms with Crippen molar-refractivity contribution in [3.8, 4) is 0 Å². The van der Waals surface area contributed by atoms with E-state index in [4.69, 9.17) is 28.6 Å². The van der Waals surface area contributed by atoms with Crippen LogP contribution in [0.2, 0.25) is 5.15 Å². The van der Waals surface area contributed by atoms with Gasteiger partial charge in [0.2, 0.25) is 0 Å². The van der Waals surface area contributed by atoms with Crippen molar-refractivity contribution in [3.63, 3.8) is 0 Å². The molecule has 3 rings (SSSR count). The molecule has 1 saturated heterocycles. The second-order valence-electron chi connectivity index (χ2n) is 6.27. The van der Waals surface area contributed by atoms with Crippen LogP contribution in [0.1, 0.15) is 36.6 Å². The zero-order chi connectivity index (χ0) is 19.4. The van der Waals surface area contributed by atoms with Gasteiger partial charge < -0.3 is 19.9 Å². The minimum atomic E-state index is -0.281. The molecule has 8 nitrogen and oxygen atoms in total. The lowest BCUT2D eigenvalue weighted by Crippen LogP contribution is -2.56. The van der Waals surface area contributed by atoms with E-state index in [1.807, 2.05) is 20.0 Å². The van der Waals surface area contributed by atoms with E-state index in [1.165, 1.54) is 0 Å². The summed E-state index contributed by atoms with van der Waals surface area (Å²) in [5.74, 6) is -0.0552. The molecule has 2 N–H and O–H groups in total. The highest BCUT2D eigenvalue weighted by molar-refractivity contribution is 7.80. The smallest absolute Gasteiger partial charge is 0.287 e. The monoisotopic (exact) mass is 410 g/mol. The van der Waals surface area contributed by atoms with Gasteiger partial charge in [0.25, 0.3) is 5.91 Å². The van der Waals surface area contributed by atoms with Gasteiger partial charge in [-0.05, 0) is 32.0 Å². The minimum absolute atomic E-state index is 0.131. The highest BCUT2D eigenvalue weighted by atomic mass is 35.5. The number of aromatic amines is 1. The molecule has 0 bridgehead atoms. The molecule has 10 heteroatoms. The van der Waals surface area contributed by atoms with Crippen LogP contribution in [0.3, 0.4) is 0 Å². The number of aromatic nitrogens is 4. The van der Waals surface area contributed by atoms with E-state index in [0.717, 1.165) is 5.69 Å². The van der Waals surface area contributed by atoms with Gasteiger partial charge in [0.15, 0.2) is 16.1 Å².